The first-order chi connectivity index (χ1) is 19.5. The van der Waals surface area contributed by atoms with Crippen molar-refractivity contribution in [3.8, 4) is 23.0 Å². The number of carboxylic acids is 1. The Kier molecular flexibility index (Phi) is 9.71. The van der Waals surface area contributed by atoms with E-state index >= 15 is 0 Å². The molecular weight excluding hydrogens is 662 g/mol. The average Bonchev–Trinajstić information content (AvgIpc) is 2.90. The maximum Gasteiger partial charge on any atom is 0.307 e. The Morgan fingerprint density at radius 1 is 0.878 bits per heavy atom. The van der Waals surface area contributed by atoms with E-state index in [0.29, 0.717) is 37.3 Å². The summed E-state index contributed by atoms with van der Waals surface area (Å²) in [5, 5.41) is 9.23. The van der Waals surface area contributed by atoms with E-state index in [1.54, 1.807) is 19.2 Å². The van der Waals surface area contributed by atoms with Gasteiger partial charge in [-0.15, -0.1) is 0 Å². The lowest BCUT2D eigenvalue weighted by Gasteiger charge is -2.26. The first-order valence-electron chi connectivity index (χ1n) is 12.7. The number of carbonyl (C=O) groups is 1. The van der Waals surface area contributed by atoms with Gasteiger partial charge in [-0.3, -0.25) is 4.79 Å². The third-order valence-electron chi connectivity index (χ3n) is 6.50. The molecule has 0 amide bonds. The number of rotatable bonds is 10. The fourth-order valence-electron chi connectivity index (χ4n) is 4.48. The van der Waals surface area contributed by atoms with Crippen LogP contribution in [0.1, 0.15) is 53.7 Å². The first-order valence-corrected chi connectivity index (χ1v) is 14.3. The highest BCUT2D eigenvalue weighted by Gasteiger charge is 2.27. The van der Waals surface area contributed by atoms with Crippen LogP contribution in [-0.4, -0.2) is 18.2 Å². The molecule has 5 nitrogen and oxygen atoms in total. The zero-order chi connectivity index (χ0) is 29.8. The molecule has 0 aliphatic heterocycles. The highest BCUT2D eigenvalue weighted by atomic mass is 79.9. The highest BCUT2D eigenvalue weighted by molar-refractivity contribution is 9.11. The topological polar surface area (TPSA) is 65.0 Å². The molecule has 0 spiro atoms. The molecular formula is C32H28Br2F2O5. The maximum atomic E-state index is 14.9. The Balaban J connectivity index is 1.94. The summed E-state index contributed by atoms with van der Waals surface area (Å²) in [6.07, 6.45) is -1.03. The number of hydrogen-bond donors (Lipinski definition) is 1. The van der Waals surface area contributed by atoms with Crippen LogP contribution in [0.4, 0.5) is 8.78 Å². The summed E-state index contributed by atoms with van der Waals surface area (Å²) in [6.45, 7) is 5.97. The average molecular weight is 690 g/mol. The molecule has 1 unspecified atom stereocenters. The predicted octanol–water partition coefficient (Wildman–Crippen LogP) is 9.52. The van der Waals surface area contributed by atoms with Gasteiger partial charge in [0.05, 0.1) is 22.5 Å². The Morgan fingerprint density at radius 3 is 2.12 bits per heavy atom. The van der Waals surface area contributed by atoms with Gasteiger partial charge in [0.2, 0.25) is 0 Å². The number of halogens is 4. The summed E-state index contributed by atoms with van der Waals surface area (Å²) in [4.78, 5) is 11.3. The third kappa shape index (κ3) is 7.08. The van der Waals surface area contributed by atoms with E-state index in [9.17, 15) is 18.7 Å². The zero-order valence-electron chi connectivity index (χ0n) is 22.8. The summed E-state index contributed by atoms with van der Waals surface area (Å²) in [5.41, 5.74) is 3.62. The second-order valence-corrected chi connectivity index (χ2v) is 11.5. The summed E-state index contributed by atoms with van der Waals surface area (Å²) in [6, 6.07) is 17.7. The van der Waals surface area contributed by atoms with Crippen LogP contribution >= 0.6 is 31.9 Å². The van der Waals surface area contributed by atoms with Gasteiger partial charge >= 0.3 is 5.97 Å². The number of methoxy groups -OCH3 is 1. The molecule has 0 saturated carbocycles. The lowest BCUT2D eigenvalue weighted by atomic mass is 9.92. The van der Waals surface area contributed by atoms with Crippen LogP contribution in [0.2, 0.25) is 0 Å². The summed E-state index contributed by atoms with van der Waals surface area (Å²) in [5.74, 6) is -1.14. The van der Waals surface area contributed by atoms with Crippen LogP contribution in [0.25, 0.3) is 0 Å². The molecule has 0 radical (unpaired) electrons. The Morgan fingerprint density at radius 2 is 1.54 bits per heavy atom. The molecule has 0 bridgehead atoms. The van der Waals surface area contributed by atoms with Crippen molar-refractivity contribution in [2.75, 3.05) is 7.11 Å². The van der Waals surface area contributed by atoms with E-state index in [2.05, 4.69) is 31.9 Å². The van der Waals surface area contributed by atoms with Crippen molar-refractivity contribution in [2.45, 2.75) is 39.2 Å². The van der Waals surface area contributed by atoms with Gasteiger partial charge in [0.15, 0.2) is 23.4 Å². The SMILES string of the molecule is COc1cc(C(Oc2ccc(F)cc2F)c2ccccc2C)c(Oc2c(Br)cc(CC(=O)O)cc2Br)cc1C(C)C. The summed E-state index contributed by atoms with van der Waals surface area (Å²) >= 11 is 7.04. The van der Waals surface area contributed by atoms with Crippen molar-refractivity contribution in [1.29, 1.82) is 0 Å². The number of carboxylic acid groups (broad SMARTS) is 1. The fraction of sp³-hybridized carbons (Fsp3) is 0.219. The quantitative estimate of drug-likeness (QED) is 0.180. The van der Waals surface area contributed by atoms with E-state index in [1.807, 2.05) is 57.2 Å². The van der Waals surface area contributed by atoms with E-state index in [1.165, 1.54) is 6.07 Å². The fourth-order valence-corrected chi connectivity index (χ4v) is 5.93. The largest absolute Gasteiger partial charge is 0.496 e. The molecule has 9 heteroatoms. The molecule has 4 aromatic rings. The molecule has 4 rings (SSSR count). The predicted molar refractivity (Wildman–Crippen MR) is 160 cm³/mol. The van der Waals surface area contributed by atoms with Crippen molar-refractivity contribution >= 4 is 37.8 Å². The minimum atomic E-state index is -0.956. The minimum absolute atomic E-state index is 0.0681. The van der Waals surface area contributed by atoms with Gasteiger partial charge < -0.3 is 19.3 Å². The number of aryl methyl sites for hydroxylation is 1. The zero-order valence-corrected chi connectivity index (χ0v) is 26.0. The standard InChI is InChI=1S/C32H28Br2F2O5/c1-17(2)22-15-29(41-32-24(33)11-19(12-25(32)34)13-30(37)38)23(16-28(22)39-4)31(21-8-6-5-7-18(21)3)40-27-10-9-20(35)14-26(27)36/h5-12,14-17,31H,13H2,1-4H3,(H,37,38). The van der Waals surface area contributed by atoms with E-state index in [0.717, 1.165) is 28.8 Å². The molecule has 0 heterocycles. The van der Waals surface area contributed by atoms with Gasteiger partial charge in [0.25, 0.3) is 0 Å². The third-order valence-corrected chi connectivity index (χ3v) is 7.68. The van der Waals surface area contributed by atoms with Gasteiger partial charge in [-0.25, -0.2) is 8.78 Å². The molecule has 0 aliphatic carbocycles. The highest BCUT2D eigenvalue weighted by Crippen LogP contribution is 2.45. The number of benzene rings is 4. The second-order valence-electron chi connectivity index (χ2n) is 9.78. The van der Waals surface area contributed by atoms with Gasteiger partial charge in [-0.05, 0) is 97.8 Å². The maximum absolute atomic E-state index is 14.9. The Bertz CT molecular complexity index is 1570. The molecule has 0 aromatic heterocycles. The van der Waals surface area contributed by atoms with Crippen LogP contribution < -0.4 is 14.2 Å². The van der Waals surface area contributed by atoms with Crippen LogP contribution in [0.3, 0.4) is 0 Å². The molecule has 0 saturated heterocycles. The Labute approximate surface area is 254 Å². The molecule has 0 fully saturated rings. The van der Waals surface area contributed by atoms with Crippen LogP contribution in [0.15, 0.2) is 75.7 Å². The molecule has 4 aromatic carbocycles. The van der Waals surface area contributed by atoms with Crippen molar-refractivity contribution in [3.63, 3.8) is 0 Å². The first kappa shape index (κ1) is 30.5. The summed E-state index contributed by atoms with van der Waals surface area (Å²) in [7, 11) is 1.57. The lowest BCUT2D eigenvalue weighted by Crippen LogP contribution is -2.14. The van der Waals surface area contributed by atoms with Crippen LogP contribution in [0.5, 0.6) is 23.0 Å². The number of hydrogen-bond acceptors (Lipinski definition) is 4. The normalized spacial score (nSPS) is 11.8. The van der Waals surface area contributed by atoms with Crippen LogP contribution in [0, 0.1) is 18.6 Å². The van der Waals surface area contributed by atoms with Gasteiger partial charge in [-0.1, -0.05) is 38.1 Å². The van der Waals surface area contributed by atoms with E-state index < -0.39 is 23.7 Å². The monoisotopic (exact) mass is 688 g/mol. The van der Waals surface area contributed by atoms with E-state index in [-0.39, 0.29) is 18.1 Å². The number of ether oxygens (including phenoxy) is 3. The molecule has 41 heavy (non-hydrogen) atoms. The van der Waals surface area contributed by atoms with Gasteiger partial charge in [0.1, 0.15) is 17.3 Å². The summed E-state index contributed by atoms with van der Waals surface area (Å²) < 4.78 is 48.2. The van der Waals surface area contributed by atoms with E-state index in [4.69, 9.17) is 14.2 Å². The van der Waals surface area contributed by atoms with Crippen molar-refractivity contribution < 1.29 is 32.9 Å². The lowest BCUT2D eigenvalue weighted by molar-refractivity contribution is -0.136. The van der Waals surface area contributed by atoms with Crippen molar-refractivity contribution in [3.05, 3.63) is 115 Å². The second kappa shape index (κ2) is 13.0. The van der Waals surface area contributed by atoms with Gasteiger partial charge in [-0.2, -0.15) is 0 Å². The molecule has 1 atom stereocenters. The molecule has 1 N–H and O–H groups in total. The number of aliphatic carboxylic acids is 1. The van der Waals surface area contributed by atoms with Crippen molar-refractivity contribution in [1.82, 2.24) is 0 Å². The van der Waals surface area contributed by atoms with Crippen LogP contribution in [-0.2, 0) is 11.2 Å². The van der Waals surface area contributed by atoms with Gasteiger partial charge in [0, 0.05) is 17.2 Å². The smallest absolute Gasteiger partial charge is 0.307 e. The Hall–Kier alpha value is -3.43. The minimum Gasteiger partial charge on any atom is -0.496 e. The molecule has 214 valence electrons. The van der Waals surface area contributed by atoms with Crippen molar-refractivity contribution in [2.24, 2.45) is 0 Å². The molecule has 0 aliphatic rings.